The zero-order valence-electron chi connectivity index (χ0n) is 27.2. The normalized spacial score (nSPS) is 11.9. The summed E-state index contributed by atoms with van der Waals surface area (Å²) in [6.07, 6.45) is 0. The minimum Gasteiger partial charge on any atom is -0.309 e. The molecule has 11 rings (SSSR count). The molecule has 0 saturated carbocycles. The molecule has 11 aromatic rings. The standard InChI is InChI=1S/C45H27N5S/c1-3-14-28(15-4-1)43-46-44(35-22-13-21-33-31-19-9-12-25-39(31)51-42(33)35)48-45(47-43)50-37-24-11-8-20-34(37)40-38(50)27-26-32-30-18-7-10-23-36(30)49(41(32)40)29-16-5-2-6-17-29/h1-27H. The van der Waals surface area contributed by atoms with Gasteiger partial charge < -0.3 is 4.57 Å². The van der Waals surface area contributed by atoms with Crippen LogP contribution in [0.1, 0.15) is 0 Å². The first kappa shape index (κ1) is 28.2. The van der Waals surface area contributed by atoms with E-state index in [9.17, 15) is 0 Å². The van der Waals surface area contributed by atoms with E-state index in [4.69, 9.17) is 15.0 Å². The molecule has 0 amide bonds. The Hall–Kier alpha value is -6.63. The van der Waals surface area contributed by atoms with E-state index in [-0.39, 0.29) is 0 Å². The van der Waals surface area contributed by atoms with Gasteiger partial charge in [-0.2, -0.15) is 9.97 Å². The molecule has 0 atom stereocenters. The molecule has 0 unspecified atom stereocenters. The Bertz CT molecular complexity index is 3140. The van der Waals surface area contributed by atoms with Crippen LogP contribution in [0.15, 0.2) is 164 Å². The van der Waals surface area contributed by atoms with Gasteiger partial charge in [0.05, 0.1) is 22.1 Å². The Morgan fingerprint density at radius 2 is 1.06 bits per heavy atom. The summed E-state index contributed by atoms with van der Waals surface area (Å²) in [4.78, 5) is 15.7. The topological polar surface area (TPSA) is 48.5 Å². The number of hydrogen-bond acceptors (Lipinski definition) is 4. The van der Waals surface area contributed by atoms with Crippen molar-refractivity contribution in [3.8, 4) is 34.4 Å². The molecular formula is C45H27N5S. The SMILES string of the molecule is c1ccc(-c2nc(-c3cccc4c3sc3ccccc34)nc(-n3c4ccccc4c4c3ccc3c5ccccc5n(-c5ccccc5)c34)n2)cc1. The third-order valence-corrected chi connectivity index (χ3v) is 11.2. The van der Waals surface area contributed by atoms with Gasteiger partial charge in [0, 0.05) is 58.5 Å². The maximum absolute atomic E-state index is 5.34. The van der Waals surface area contributed by atoms with E-state index in [1.54, 1.807) is 11.3 Å². The molecule has 4 aromatic heterocycles. The highest BCUT2D eigenvalue weighted by atomic mass is 32.1. The van der Waals surface area contributed by atoms with Crippen LogP contribution in [0.5, 0.6) is 0 Å². The highest BCUT2D eigenvalue weighted by Crippen LogP contribution is 2.43. The van der Waals surface area contributed by atoms with E-state index in [0.717, 1.165) is 38.6 Å². The molecule has 0 bridgehead atoms. The lowest BCUT2D eigenvalue weighted by Gasteiger charge is -2.12. The predicted molar refractivity (Wildman–Crippen MR) is 212 cm³/mol. The fourth-order valence-corrected chi connectivity index (χ4v) is 9.01. The van der Waals surface area contributed by atoms with Crippen molar-refractivity contribution in [1.29, 1.82) is 0 Å². The molecule has 0 aliphatic heterocycles. The largest absolute Gasteiger partial charge is 0.309 e. The number of benzene rings is 7. The number of fused-ring (bicyclic) bond motifs is 10. The van der Waals surface area contributed by atoms with Crippen molar-refractivity contribution >= 4 is 75.1 Å². The van der Waals surface area contributed by atoms with Crippen LogP contribution in [0.4, 0.5) is 0 Å². The highest BCUT2D eigenvalue weighted by Gasteiger charge is 2.23. The van der Waals surface area contributed by atoms with E-state index < -0.39 is 0 Å². The highest BCUT2D eigenvalue weighted by molar-refractivity contribution is 7.26. The van der Waals surface area contributed by atoms with Gasteiger partial charge in [-0.25, -0.2) is 4.98 Å². The van der Waals surface area contributed by atoms with Crippen molar-refractivity contribution in [2.75, 3.05) is 0 Å². The van der Waals surface area contributed by atoms with Gasteiger partial charge in [0.15, 0.2) is 11.6 Å². The second-order valence-electron chi connectivity index (χ2n) is 12.8. The molecule has 0 saturated heterocycles. The van der Waals surface area contributed by atoms with Gasteiger partial charge in [0.2, 0.25) is 5.95 Å². The van der Waals surface area contributed by atoms with Gasteiger partial charge in [0.1, 0.15) is 0 Å². The zero-order chi connectivity index (χ0) is 33.5. The summed E-state index contributed by atoms with van der Waals surface area (Å²) in [6, 6.07) is 57.7. The van der Waals surface area contributed by atoms with Crippen molar-refractivity contribution in [3.63, 3.8) is 0 Å². The molecule has 0 fully saturated rings. The summed E-state index contributed by atoms with van der Waals surface area (Å²) >= 11 is 1.79. The van der Waals surface area contributed by atoms with Gasteiger partial charge in [-0.05, 0) is 42.5 Å². The van der Waals surface area contributed by atoms with Gasteiger partial charge in [0.25, 0.3) is 0 Å². The molecule has 4 heterocycles. The minimum absolute atomic E-state index is 0.588. The third kappa shape index (κ3) is 4.17. The summed E-state index contributed by atoms with van der Waals surface area (Å²) in [5.41, 5.74) is 7.50. The fourth-order valence-electron chi connectivity index (χ4n) is 7.79. The van der Waals surface area contributed by atoms with Crippen LogP contribution in [0, 0.1) is 0 Å². The van der Waals surface area contributed by atoms with Crippen molar-refractivity contribution in [3.05, 3.63) is 164 Å². The van der Waals surface area contributed by atoms with Crippen LogP contribution in [-0.2, 0) is 0 Å². The molecule has 5 nitrogen and oxygen atoms in total. The van der Waals surface area contributed by atoms with Crippen LogP contribution < -0.4 is 0 Å². The lowest BCUT2D eigenvalue weighted by atomic mass is 10.1. The maximum Gasteiger partial charge on any atom is 0.238 e. The Morgan fingerprint density at radius 3 is 1.88 bits per heavy atom. The van der Waals surface area contributed by atoms with E-state index in [1.165, 1.54) is 42.0 Å². The number of hydrogen-bond donors (Lipinski definition) is 0. The molecule has 0 spiro atoms. The Labute approximate surface area is 296 Å². The molecule has 0 aliphatic rings. The number of thiophene rings is 1. The van der Waals surface area contributed by atoms with Gasteiger partial charge in [-0.15, -0.1) is 11.3 Å². The summed E-state index contributed by atoms with van der Waals surface area (Å²) in [6.45, 7) is 0. The molecule has 7 aromatic carbocycles. The fraction of sp³-hybridized carbons (Fsp3) is 0. The lowest BCUT2D eigenvalue weighted by molar-refractivity contribution is 0.954. The van der Waals surface area contributed by atoms with Crippen molar-refractivity contribution in [1.82, 2.24) is 24.1 Å². The van der Waals surface area contributed by atoms with E-state index >= 15 is 0 Å². The number of nitrogens with zero attached hydrogens (tertiary/aromatic N) is 5. The van der Waals surface area contributed by atoms with Crippen LogP contribution in [0.25, 0.3) is 98.2 Å². The monoisotopic (exact) mass is 669 g/mol. The first-order valence-corrected chi connectivity index (χ1v) is 17.9. The number of aromatic nitrogens is 5. The lowest BCUT2D eigenvalue weighted by Crippen LogP contribution is -2.06. The molecule has 51 heavy (non-hydrogen) atoms. The van der Waals surface area contributed by atoms with Gasteiger partial charge in [-0.1, -0.05) is 121 Å². The molecular weight excluding hydrogens is 643 g/mol. The first-order chi connectivity index (χ1) is 25.3. The Balaban J connectivity index is 1.26. The summed E-state index contributed by atoms with van der Waals surface area (Å²) in [5.74, 6) is 1.88. The Kier molecular flexibility index (Phi) is 6.05. The van der Waals surface area contributed by atoms with Crippen molar-refractivity contribution < 1.29 is 0 Å². The number of rotatable bonds is 4. The molecule has 0 aliphatic carbocycles. The minimum atomic E-state index is 0.588. The van der Waals surface area contributed by atoms with Crippen LogP contribution in [-0.4, -0.2) is 24.1 Å². The Morgan fingerprint density at radius 1 is 0.412 bits per heavy atom. The average molecular weight is 670 g/mol. The third-order valence-electron chi connectivity index (χ3n) is 9.99. The van der Waals surface area contributed by atoms with Crippen LogP contribution in [0.2, 0.25) is 0 Å². The van der Waals surface area contributed by atoms with Crippen molar-refractivity contribution in [2.24, 2.45) is 0 Å². The zero-order valence-corrected chi connectivity index (χ0v) is 28.0. The molecule has 0 radical (unpaired) electrons. The second kappa shape index (κ2) is 10.9. The van der Waals surface area contributed by atoms with Gasteiger partial charge in [-0.3, -0.25) is 4.57 Å². The maximum atomic E-state index is 5.34. The molecule has 0 N–H and O–H groups in total. The predicted octanol–water partition coefficient (Wildman–Crippen LogP) is 11.8. The smallest absolute Gasteiger partial charge is 0.238 e. The summed E-state index contributed by atoms with van der Waals surface area (Å²) in [7, 11) is 0. The van der Waals surface area contributed by atoms with Crippen LogP contribution >= 0.6 is 11.3 Å². The van der Waals surface area contributed by atoms with E-state index in [1.807, 2.05) is 18.2 Å². The van der Waals surface area contributed by atoms with Crippen molar-refractivity contribution in [2.45, 2.75) is 0 Å². The van der Waals surface area contributed by atoms with Gasteiger partial charge >= 0.3 is 0 Å². The van der Waals surface area contributed by atoms with E-state index in [2.05, 4.69) is 155 Å². The van der Waals surface area contributed by atoms with E-state index in [0.29, 0.717) is 17.6 Å². The molecule has 6 heteroatoms. The summed E-state index contributed by atoms with van der Waals surface area (Å²) < 4.78 is 7.05. The average Bonchev–Trinajstić information content (AvgIpc) is 3.86. The molecule has 238 valence electrons. The van der Waals surface area contributed by atoms with Crippen LogP contribution in [0.3, 0.4) is 0 Å². The number of para-hydroxylation sites is 3. The second-order valence-corrected chi connectivity index (χ2v) is 13.9. The summed E-state index contributed by atoms with van der Waals surface area (Å²) in [5, 5.41) is 7.20. The quantitative estimate of drug-likeness (QED) is 0.187. The first-order valence-electron chi connectivity index (χ1n) is 17.0.